The molecule has 36 heavy (non-hydrogen) atoms. The van der Waals surface area contributed by atoms with Gasteiger partial charge in [0, 0.05) is 43.4 Å². The summed E-state index contributed by atoms with van der Waals surface area (Å²) < 4.78 is 26.8. The van der Waals surface area contributed by atoms with E-state index in [1.54, 1.807) is 41.5 Å². The Morgan fingerprint density at radius 1 is 1.14 bits per heavy atom. The van der Waals surface area contributed by atoms with Crippen molar-refractivity contribution in [3.63, 3.8) is 0 Å². The molecule has 0 aliphatic carbocycles. The highest BCUT2D eigenvalue weighted by molar-refractivity contribution is 5.99. The van der Waals surface area contributed by atoms with E-state index in [-0.39, 0.29) is 11.7 Å². The number of aryl methyl sites for hydroxylation is 1. The number of amides is 1. The second kappa shape index (κ2) is 10.3. The van der Waals surface area contributed by atoms with Crippen LogP contribution in [0.3, 0.4) is 0 Å². The SMILES string of the molecule is COc1ccc([C@H](NC(=O)c2ccc3cnc(NC4CCOCC4)cc3c2)c2cncn2C)cc1F. The van der Waals surface area contributed by atoms with Crippen LogP contribution < -0.4 is 15.4 Å². The molecule has 1 amide bonds. The Morgan fingerprint density at radius 2 is 1.97 bits per heavy atom. The van der Waals surface area contributed by atoms with Crippen molar-refractivity contribution in [1.82, 2.24) is 19.9 Å². The summed E-state index contributed by atoms with van der Waals surface area (Å²) >= 11 is 0. The van der Waals surface area contributed by atoms with Crippen LogP contribution in [-0.4, -0.2) is 46.8 Å². The summed E-state index contributed by atoms with van der Waals surface area (Å²) in [6.45, 7) is 1.48. The number of ether oxygens (including phenoxy) is 2. The summed E-state index contributed by atoms with van der Waals surface area (Å²) in [5.74, 6) is 0.129. The summed E-state index contributed by atoms with van der Waals surface area (Å²) in [6.07, 6.45) is 6.97. The van der Waals surface area contributed by atoms with E-state index in [9.17, 15) is 9.18 Å². The predicted molar refractivity (Wildman–Crippen MR) is 135 cm³/mol. The Kier molecular flexibility index (Phi) is 6.81. The van der Waals surface area contributed by atoms with Crippen LogP contribution in [-0.2, 0) is 11.8 Å². The van der Waals surface area contributed by atoms with Gasteiger partial charge in [-0.15, -0.1) is 0 Å². The number of nitrogens with zero attached hydrogens (tertiary/aromatic N) is 3. The Hall–Kier alpha value is -3.98. The van der Waals surface area contributed by atoms with Gasteiger partial charge in [0.2, 0.25) is 0 Å². The zero-order chi connectivity index (χ0) is 25.1. The lowest BCUT2D eigenvalue weighted by molar-refractivity contribution is 0.0903. The first-order chi connectivity index (χ1) is 17.5. The number of rotatable bonds is 7. The molecule has 9 heteroatoms. The van der Waals surface area contributed by atoms with Gasteiger partial charge in [-0.2, -0.15) is 0 Å². The van der Waals surface area contributed by atoms with Gasteiger partial charge in [-0.25, -0.2) is 14.4 Å². The number of methoxy groups -OCH3 is 1. The van der Waals surface area contributed by atoms with E-state index >= 15 is 0 Å². The lowest BCUT2D eigenvalue weighted by Gasteiger charge is -2.23. The van der Waals surface area contributed by atoms with Gasteiger partial charge in [-0.05, 0) is 54.1 Å². The molecule has 2 aromatic carbocycles. The van der Waals surface area contributed by atoms with Crippen molar-refractivity contribution in [3.8, 4) is 5.75 Å². The number of carbonyl (C=O) groups excluding carboxylic acids is 1. The standard InChI is InChI=1S/C27H28FN5O3/c1-33-16-29-15-23(33)26(17-5-6-24(35-2)22(28)12-17)32-27(34)18-3-4-19-14-30-25(13-20(19)11-18)31-21-7-9-36-10-8-21/h3-6,11-16,21,26H,7-10H2,1-2H3,(H,30,31)(H,32,34)/t26-/m0/s1. The summed E-state index contributed by atoms with van der Waals surface area (Å²) in [5.41, 5.74) is 1.80. The minimum atomic E-state index is -0.607. The van der Waals surface area contributed by atoms with E-state index in [2.05, 4.69) is 20.6 Å². The second-order valence-electron chi connectivity index (χ2n) is 8.89. The molecule has 4 aromatic rings. The number of anilines is 1. The van der Waals surface area contributed by atoms with Crippen molar-refractivity contribution >= 4 is 22.5 Å². The van der Waals surface area contributed by atoms with Crippen LogP contribution in [0.2, 0.25) is 0 Å². The summed E-state index contributed by atoms with van der Waals surface area (Å²) in [4.78, 5) is 22.1. The van der Waals surface area contributed by atoms with Gasteiger partial charge in [0.05, 0.1) is 31.4 Å². The summed E-state index contributed by atoms with van der Waals surface area (Å²) in [5, 5.41) is 8.36. The maximum atomic E-state index is 14.5. The van der Waals surface area contributed by atoms with E-state index in [1.165, 1.54) is 13.2 Å². The Bertz CT molecular complexity index is 1380. The lowest BCUT2D eigenvalue weighted by atomic mass is 10.0. The molecule has 0 spiro atoms. The minimum Gasteiger partial charge on any atom is -0.494 e. The van der Waals surface area contributed by atoms with E-state index < -0.39 is 11.9 Å². The number of carbonyl (C=O) groups is 1. The van der Waals surface area contributed by atoms with Crippen LogP contribution in [0.15, 0.2) is 61.2 Å². The molecule has 0 unspecified atom stereocenters. The third-order valence-corrected chi connectivity index (χ3v) is 6.49. The minimum absolute atomic E-state index is 0.141. The van der Waals surface area contributed by atoms with Gasteiger partial charge < -0.3 is 24.7 Å². The molecule has 0 saturated carbocycles. The maximum Gasteiger partial charge on any atom is 0.252 e. The number of pyridine rings is 1. The van der Waals surface area contributed by atoms with Crippen LogP contribution in [0.1, 0.15) is 40.5 Å². The van der Waals surface area contributed by atoms with Crippen molar-refractivity contribution in [1.29, 1.82) is 0 Å². The van der Waals surface area contributed by atoms with Gasteiger partial charge in [-0.1, -0.05) is 12.1 Å². The number of halogens is 1. The number of aromatic nitrogens is 3. The van der Waals surface area contributed by atoms with E-state index in [0.717, 1.165) is 48.3 Å². The fraction of sp³-hybridized carbons (Fsp3) is 0.296. The molecule has 5 rings (SSSR count). The first kappa shape index (κ1) is 23.7. The van der Waals surface area contributed by atoms with E-state index in [4.69, 9.17) is 9.47 Å². The quantitative estimate of drug-likeness (QED) is 0.404. The number of imidazole rings is 1. The number of hydrogen-bond acceptors (Lipinski definition) is 6. The van der Waals surface area contributed by atoms with Gasteiger partial charge in [0.15, 0.2) is 11.6 Å². The summed E-state index contributed by atoms with van der Waals surface area (Å²) in [6, 6.07) is 11.8. The molecule has 1 saturated heterocycles. The Morgan fingerprint density at radius 3 is 2.69 bits per heavy atom. The van der Waals surface area contributed by atoms with Crippen molar-refractivity contribution in [2.24, 2.45) is 7.05 Å². The molecule has 8 nitrogen and oxygen atoms in total. The molecule has 0 bridgehead atoms. The average Bonchev–Trinajstić information content (AvgIpc) is 3.32. The van der Waals surface area contributed by atoms with Crippen LogP contribution in [0, 0.1) is 5.82 Å². The lowest BCUT2D eigenvalue weighted by Crippen LogP contribution is -2.30. The normalized spacial score (nSPS) is 15.0. The zero-order valence-corrected chi connectivity index (χ0v) is 20.2. The molecular formula is C27H28FN5O3. The van der Waals surface area contributed by atoms with Crippen LogP contribution >= 0.6 is 0 Å². The van der Waals surface area contributed by atoms with Gasteiger partial charge >= 0.3 is 0 Å². The van der Waals surface area contributed by atoms with Crippen LogP contribution in [0.5, 0.6) is 5.75 Å². The van der Waals surface area contributed by atoms with Gasteiger partial charge in [-0.3, -0.25) is 4.79 Å². The Labute approximate surface area is 208 Å². The average molecular weight is 490 g/mol. The molecule has 3 heterocycles. The highest BCUT2D eigenvalue weighted by Gasteiger charge is 2.22. The number of benzene rings is 2. The molecule has 2 aromatic heterocycles. The number of fused-ring (bicyclic) bond motifs is 1. The zero-order valence-electron chi connectivity index (χ0n) is 20.2. The van der Waals surface area contributed by atoms with Crippen LogP contribution in [0.4, 0.5) is 10.2 Å². The van der Waals surface area contributed by atoms with Crippen molar-refractivity contribution < 1.29 is 18.7 Å². The first-order valence-electron chi connectivity index (χ1n) is 11.9. The molecule has 1 aliphatic heterocycles. The number of hydrogen-bond donors (Lipinski definition) is 2. The molecule has 1 fully saturated rings. The highest BCUT2D eigenvalue weighted by atomic mass is 19.1. The van der Waals surface area contributed by atoms with E-state index in [1.807, 2.05) is 25.2 Å². The topological polar surface area (TPSA) is 90.3 Å². The van der Waals surface area contributed by atoms with Gasteiger partial charge in [0.25, 0.3) is 5.91 Å². The Balaban J connectivity index is 1.42. The third-order valence-electron chi connectivity index (χ3n) is 6.49. The first-order valence-corrected chi connectivity index (χ1v) is 11.9. The van der Waals surface area contributed by atoms with Gasteiger partial charge in [0.1, 0.15) is 5.82 Å². The molecule has 1 aliphatic rings. The highest BCUT2D eigenvalue weighted by Crippen LogP contribution is 2.27. The van der Waals surface area contributed by atoms with Crippen molar-refractivity contribution in [3.05, 3.63) is 83.8 Å². The number of nitrogens with one attached hydrogen (secondary N) is 2. The summed E-state index contributed by atoms with van der Waals surface area (Å²) in [7, 11) is 3.25. The maximum absolute atomic E-state index is 14.5. The second-order valence-corrected chi connectivity index (χ2v) is 8.89. The van der Waals surface area contributed by atoms with Crippen molar-refractivity contribution in [2.45, 2.75) is 24.9 Å². The largest absolute Gasteiger partial charge is 0.494 e. The molecular weight excluding hydrogens is 461 g/mol. The van der Waals surface area contributed by atoms with Crippen LogP contribution in [0.25, 0.3) is 10.8 Å². The molecule has 0 radical (unpaired) electrons. The molecule has 2 N–H and O–H groups in total. The van der Waals surface area contributed by atoms with Crippen molar-refractivity contribution in [2.75, 3.05) is 25.6 Å². The molecule has 1 atom stereocenters. The fourth-order valence-electron chi connectivity index (χ4n) is 4.46. The third kappa shape index (κ3) is 5.01. The predicted octanol–water partition coefficient (Wildman–Crippen LogP) is 4.23. The molecule has 186 valence electrons. The monoisotopic (exact) mass is 489 g/mol. The fourth-order valence-corrected chi connectivity index (χ4v) is 4.46. The van der Waals surface area contributed by atoms with E-state index in [0.29, 0.717) is 17.2 Å². The smallest absolute Gasteiger partial charge is 0.252 e.